The molecule has 1 aromatic rings. The van der Waals surface area contributed by atoms with Crippen LogP contribution in [0.3, 0.4) is 0 Å². The van der Waals surface area contributed by atoms with Crippen molar-refractivity contribution in [2.75, 3.05) is 12.3 Å². The van der Waals surface area contributed by atoms with Crippen molar-refractivity contribution in [3.8, 4) is 0 Å². The summed E-state index contributed by atoms with van der Waals surface area (Å²) in [4.78, 5) is 21.9. The van der Waals surface area contributed by atoms with Gasteiger partial charge in [0.1, 0.15) is 11.5 Å². The van der Waals surface area contributed by atoms with Crippen LogP contribution in [0.1, 0.15) is 36.7 Å². The highest BCUT2D eigenvalue weighted by atomic mass is 16.2. The molecule has 16 heavy (non-hydrogen) atoms. The van der Waals surface area contributed by atoms with Crippen LogP contribution in [-0.4, -0.2) is 33.4 Å². The molecule has 86 valence electrons. The second kappa shape index (κ2) is 4.47. The van der Waals surface area contributed by atoms with E-state index in [0.29, 0.717) is 11.7 Å². The van der Waals surface area contributed by atoms with Gasteiger partial charge in [-0.1, -0.05) is 6.92 Å². The zero-order valence-electron chi connectivity index (χ0n) is 9.39. The van der Waals surface area contributed by atoms with Crippen molar-refractivity contribution in [1.29, 1.82) is 0 Å². The largest absolute Gasteiger partial charge is 0.382 e. The molecule has 2 rings (SSSR count). The third kappa shape index (κ3) is 2.29. The third-order valence-electron chi connectivity index (χ3n) is 2.59. The Balaban J connectivity index is 2.15. The summed E-state index contributed by atoms with van der Waals surface area (Å²) in [5.41, 5.74) is 5.87. The van der Waals surface area contributed by atoms with Crippen LogP contribution in [0.15, 0.2) is 12.4 Å². The van der Waals surface area contributed by atoms with Gasteiger partial charge in [0.2, 0.25) is 0 Å². The molecular weight excluding hydrogens is 204 g/mol. The Morgan fingerprint density at radius 3 is 2.88 bits per heavy atom. The summed E-state index contributed by atoms with van der Waals surface area (Å²) >= 11 is 0. The van der Waals surface area contributed by atoms with Gasteiger partial charge in [-0.3, -0.25) is 9.78 Å². The number of carbonyl (C=O) groups excluding carboxylic acids is 1. The molecule has 5 heteroatoms. The molecule has 0 atom stereocenters. The number of hydrogen-bond donors (Lipinski definition) is 1. The first-order valence-electron chi connectivity index (χ1n) is 5.61. The van der Waals surface area contributed by atoms with Crippen LogP contribution in [0.5, 0.6) is 0 Å². The fourth-order valence-electron chi connectivity index (χ4n) is 1.71. The van der Waals surface area contributed by atoms with Crippen molar-refractivity contribution < 1.29 is 4.79 Å². The summed E-state index contributed by atoms with van der Waals surface area (Å²) in [6.07, 6.45) is 6.07. The van der Waals surface area contributed by atoms with Gasteiger partial charge in [-0.15, -0.1) is 0 Å². The smallest absolute Gasteiger partial charge is 0.274 e. The molecule has 0 bridgehead atoms. The Hall–Kier alpha value is -1.65. The van der Waals surface area contributed by atoms with Crippen LogP contribution in [0, 0.1) is 0 Å². The van der Waals surface area contributed by atoms with E-state index in [-0.39, 0.29) is 11.7 Å². The fourth-order valence-corrected chi connectivity index (χ4v) is 1.71. The molecule has 1 amide bonds. The van der Waals surface area contributed by atoms with Gasteiger partial charge >= 0.3 is 0 Å². The maximum atomic E-state index is 12.1. The van der Waals surface area contributed by atoms with E-state index in [0.717, 1.165) is 25.8 Å². The number of hydrogen-bond acceptors (Lipinski definition) is 4. The normalized spacial score (nSPS) is 14.8. The molecule has 2 N–H and O–H groups in total. The lowest BCUT2D eigenvalue weighted by Gasteiger charge is -2.20. The Kier molecular flexibility index (Phi) is 3.03. The Morgan fingerprint density at radius 2 is 2.31 bits per heavy atom. The molecule has 1 saturated carbocycles. The minimum atomic E-state index is -0.0517. The average molecular weight is 220 g/mol. The highest BCUT2D eigenvalue weighted by molar-refractivity contribution is 5.92. The van der Waals surface area contributed by atoms with E-state index in [9.17, 15) is 4.79 Å². The zero-order chi connectivity index (χ0) is 11.5. The Morgan fingerprint density at radius 1 is 1.56 bits per heavy atom. The number of nitrogen functional groups attached to an aromatic ring is 1. The first kappa shape index (κ1) is 10.9. The number of carbonyl (C=O) groups is 1. The predicted molar refractivity (Wildman–Crippen MR) is 60.8 cm³/mol. The van der Waals surface area contributed by atoms with Gasteiger partial charge in [-0.2, -0.15) is 0 Å². The first-order valence-corrected chi connectivity index (χ1v) is 5.61. The summed E-state index contributed by atoms with van der Waals surface area (Å²) < 4.78 is 0. The summed E-state index contributed by atoms with van der Waals surface area (Å²) in [6, 6.07) is 0.399. The Labute approximate surface area is 94.7 Å². The zero-order valence-corrected chi connectivity index (χ0v) is 9.39. The highest BCUT2D eigenvalue weighted by Crippen LogP contribution is 2.28. The van der Waals surface area contributed by atoms with E-state index >= 15 is 0 Å². The molecule has 1 heterocycles. The molecule has 1 aromatic heterocycles. The summed E-state index contributed by atoms with van der Waals surface area (Å²) in [5, 5.41) is 0. The van der Waals surface area contributed by atoms with E-state index in [1.54, 1.807) is 0 Å². The molecular formula is C11H16N4O. The van der Waals surface area contributed by atoms with Crippen molar-refractivity contribution in [3.63, 3.8) is 0 Å². The predicted octanol–water partition coefficient (Wildman–Crippen LogP) is 1.07. The fraction of sp³-hybridized carbons (Fsp3) is 0.545. The van der Waals surface area contributed by atoms with Crippen LogP contribution in [0.25, 0.3) is 0 Å². The third-order valence-corrected chi connectivity index (χ3v) is 2.59. The standard InChI is InChI=1S/C11H16N4O/c1-2-5-15(8-3-4-8)11(16)9-6-13-7-10(12)14-9/h6-8H,2-5H2,1H3,(H2,12,14). The molecule has 0 spiro atoms. The molecule has 5 nitrogen and oxygen atoms in total. The number of amides is 1. The Bertz CT molecular complexity index is 389. The monoisotopic (exact) mass is 220 g/mol. The molecule has 0 saturated heterocycles. The number of rotatable bonds is 4. The molecule has 0 aliphatic heterocycles. The van der Waals surface area contributed by atoms with Gasteiger partial charge in [0.15, 0.2) is 0 Å². The van der Waals surface area contributed by atoms with Crippen molar-refractivity contribution in [1.82, 2.24) is 14.9 Å². The van der Waals surface area contributed by atoms with Gasteiger partial charge in [-0.25, -0.2) is 4.98 Å². The average Bonchev–Trinajstić information content (AvgIpc) is 3.09. The second-order valence-electron chi connectivity index (χ2n) is 4.06. The van der Waals surface area contributed by atoms with E-state index in [4.69, 9.17) is 5.73 Å². The van der Waals surface area contributed by atoms with Gasteiger partial charge < -0.3 is 10.6 Å². The summed E-state index contributed by atoms with van der Waals surface area (Å²) in [7, 11) is 0. The lowest BCUT2D eigenvalue weighted by Crippen LogP contribution is -2.34. The maximum absolute atomic E-state index is 12.1. The van der Waals surface area contributed by atoms with Crippen molar-refractivity contribution in [3.05, 3.63) is 18.1 Å². The van der Waals surface area contributed by atoms with Crippen molar-refractivity contribution in [2.24, 2.45) is 0 Å². The van der Waals surface area contributed by atoms with E-state index in [2.05, 4.69) is 16.9 Å². The van der Waals surface area contributed by atoms with Crippen LogP contribution >= 0.6 is 0 Å². The molecule has 1 fully saturated rings. The van der Waals surface area contributed by atoms with E-state index in [1.807, 2.05) is 4.90 Å². The summed E-state index contributed by atoms with van der Waals surface area (Å²) in [5.74, 6) is 0.238. The lowest BCUT2D eigenvalue weighted by atomic mass is 10.3. The second-order valence-corrected chi connectivity index (χ2v) is 4.06. The van der Waals surface area contributed by atoms with Crippen LogP contribution in [0.2, 0.25) is 0 Å². The number of aromatic nitrogens is 2. The van der Waals surface area contributed by atoms with Crippen molar-refractivity contribution >= 4 is 11.7 Å². The van der Waals surface area contributed by atoms with Crippen LogP contribution in [-0.2, 0) is 0 Å². The molecule has 0 aromatic carbocycles. The van der Waals surface area contributed by atoms with E-state index < -0.39 is 0 Å². The molecule has 1 aliphatic rings. The molecule has 1 aliphatic carbocycles. The van der Waals surface area contributed by atoms with Gasteiger partial charge in [0, 0.05) is 12.6 Å². The maximum Gasteiger partial charge on any atom is 0.274 e. The number of nitrogens with zero attached hydrogens (tertiary/aromatic N) is 3. The SMILES string of the molecule is CCCN(C(=O)c1cncc(N)n1)C1CC1. The highest BCUT2D eigenvalue weighted by Gasteiger charge is 2.32. The number of nitrogens with two attached hydrogens (primary N) is 1. The summed E-state index contributed by atoms with van der Waals surface area (Å²) in [6.45, 7) is 2.84. The van der Waals surface area contributed by atoms with Gasteiger partial charge in [0.25, 0.3) is 5.91 Å². The van der Waals surface area contributed by atoms with Gasteiger partial charge in [0.05, 0.1) is 12.4 Å². The van der Waals surface area contributed by atoms with Crippen molar-refractivity contribution in [2.45, 2.75) is 32.2 Å². The van der Waals surface area contributed by atoms with E-state index in [1.165, 1.54) is 12.4 Å². The minimum absolute atomic E-state index is 0.0517. The van der Waals surface area contributed by atoms with Crippen LogP contribution in [0.4, 0.5) is 5.82 Å². The van der Waals surface area contributed by atoms with Gasteiger partial charge in [-0.05, 0) is 19.3 Å². The molecule has 0 unspecified atom stereocenters. The topological polar surface area (TPSA) is 72.1 Å². The van der Waals surface area contributed by atoms with Crippen LogP contribution < -0.4 is 5.73 Å². The number of anilines is 1. The molecule has 0 radical (unpaired) electrons. The lowest BCUT2D eigenvalue weighted by molar-refractivity contribution is 0.0737. The minimum Gasteiger partial charge on any atom is -0.382 e. The quantitative estimate of drug-likeness (QED) is 0.824. The first-order chi connectivity index (χ1) is 7.72.